The number of allylic oxidation sites excluding steroid dienone is 1. The van der Waals surface area contributed by atoms with E-state index in [0.29, 0.717) is 22.9 Å². The average Bonchev–Trinajstić information content (AvgIpc) is 2.98. The van der Waals surface area contributed by atoms with E-state index < -0.39 is 44.4 Å². The summed E-state index contributed by atoms with van der Waals surface area (Å²) in [4.78, 5) is 26.6. The Morgan fingerprint density at radius 1 is 1.04 bits per heavy atom. The van der Waals surface area contributed by atoms with E-state index in [1.54, 1.807) is 43.0 Å². The molecule has 0 N–H and O–H groups in total. The highest BCUT2D eigenvalue weighted by molar-refractivity contribution is 7.92. The summed E-state index contributed by atoms with van der Waals surface area (Å²) in [5.74, 6) is -2.39. The van der Waals surface area contributed by atoms with Crippen LogP contribution in [0.2, 0.25) is 5.02 Å². The van der Waals surface area contributed by atoms with Crippen molar-refractivity contribution >= 4 is 56.5 Å². The molecule has 0 aromatic heterocycles. The van der Waals surface area contributed by atoms with E-state index in [0.717, 1.165) is 22.5 Å². The molecule has 0 unspecified atom stereocenters. The molecule has 1 aliphatic rings. The van der Waals surface area contributed by atoms with Gasteiger partial charge >= 0.3 is 18.1 Å². The zero-order chi connectivity index (χ0) is 33.1. The van der Waals surface area contributed by atoms with Crippen LogP contribution in [0.25, 0.3) is 11.6 Å². The molecule has 8 nitrogen and oxygen atoms in total. The molecule has 0 bridgehead atoms. The quantitative estimate of drug-likeness (QED) is 0.125. The van der Waals surface area contributed by atoms with Crippen molar-refractivity contribution in [2.75, 3.05) is 49.0 Å². The highest BCUT2D eigenvalue weighted by atomic mass is 35.5. The van der Waals surface area contributed by atoms with Gasteiger partial charge in [0.25, 0.3) is 10.0 Å². The van der Waals surface area contributed by atoms with Crippen LogP contribution in [0, 0.1) is 5.82 Å². The van der Waals surface area contributed by atoms with Crippen LogP contribution in [0.15, 0.2) is 65.6 Å². The van der Waals surface area contributed by atoms with E-state index in [9.17, 15) is 35.6 Å². The van der Waals surface area contributed by atoms with E-state index in [4.69, 9.17) is 16.3 Å². The van der Waals surface area contributed by atoms with Gasteiger partial charge in [-0.2, -0.15) is 13.2 Å². The van der Waals surface area contributed by atoms with Crippen molar-refractivity contribution in [2.45, 2.75) is 24.9 Å². The number of nitrogens with zero attached hydrogens (tertiary/aromatic N) is 3. The summed E-state index contributed by atoms with van der Waals surface area (Å²) in [6, 6.07) is 12.6. The molecule has 1 heterocycles. The number of halogens is 5. The minimum atomic E-state index is -4.75. The van der Waals surface area contributed by atoms with Gasteiger partial charge in [-0.1, -0.05) is 35.9 Å². The molecule has 0 fully saturated rings. The molecule has 240 valence electrons. The number of ether oxygens (including phenoxy) is 1. The number of carbonyl (C=O) groups excluding carboxylic acids is 2. The smallest absolute Gasteiger partial charge is 0.416 e. The third-order valence-corrected chi connectivity index (χ3v) is 9.30. The normalized spacial score (nSPS) is 13.8. The predicted molar refractivity (Wildman–Crippen MR) is 164 cm³/mol. The van der Waals surface area contributed by atoms with Gasteiger partial charge in [0.1, 0.15) is 5.82 Å². The molecule has 0 saturated heterocycles. The predicted octanol–water partition coefficient (Wildman–Crippen LogP) is 6.10. The first-order chi connectivity index (χ1) is 21.1. The van der Waals surface area contributed by atoms with Crippen LogP contribution in [0.1, 0.15) is 30.5 Å². The van der Waals surface area contributed by atoms with Crippen molar-refractivity contribution in [3.63, 3.8) is 0 Å². The molecule has 0 spiro atoms. The maximum absolute atomic E-state index is 14.6. The molecule has 4 rings (SSSR count). The van der Waals surface area contributed by atoms with E-state index in [1.165, 1.54) is 30.1 Å². The van der Waals surface area contributed by atoms with Crippen molar-refractivity contribution in [3.05, 3.63) is 88.2 Å². The molecular formula is C31H30ClF4N3O5S. The second-order valence-corrected chi connectivity index (χ2v) is 12.5. The molecule has 0 radical (unpaired) electrons. The molecule has 1 amide bonds. The molecule has 45 heavy (non-hydrogen) atoms. The maximum atomic E-state index is 14.6. The lowest BCUT2D eigenvalue weighted by Gasteiger charge is -2.39. The Bertz CT molecular complexity index is 1730. The van der Waals surface area contributed by atoms with Gasteiger partial charge in [-0.3, -0.25) is 9.10 Å². The number of benzene rings is 3. The third kappa shape index (κ3) is 7.42. The van der Waals surface area contributed by atoms with Crippen molar-refractivity contribution < 1.29 is 40.3 Å². The fourth-order valence-electron chi connectivity index (χ4n) is 4.91. The van der Waals surface area contributed by atoms with Gasteiger partial charge in [-0.15, -0.1) is 0 Å². The van der Waals surface area contributed by atoms with Crippen LogP contribution in [0.5, 0.6) is 0 Å². The Morgan fingerprint density at radius 2 is 1.76 bits per heavy atom. The summed E-state index contributed by atoms with van der Waals surface area (Å²) < 4.78 is 88.4. The van der Waals surface area contributed by atoms with E-state index in [-0.39, 0.29) is 49.1 Å². The highest BCUT2D eigenvalue weighted by Gasteiger charge is 2.36. The lowest BCUT2D eigenvalue weighted by molar-refractivity contribution is -0.159. The van der Waals surface area contributed by atoms with Gasteiger partial charge in [0.05, 0.1) is 40.0 Å². The second kappa shape index (κ2) is 13.5. The number of sulfonamides is 1. The van der Waals surface area contributed by atoms with Crippen molar-refractivity contribution in [1.82, 2.24) is 4.90 Å². The van der Waals surface area contributed by atoms with E-state index in [1.807, 2.05) is 0 Å². The molecule has 3 aromatic rings. The summed E-state index contributed by atoms with van der Waals surface area (Å²) >= 11 is 6.23. The third-order valence-electron chi connectivity index (χ3n) is 7.17. The lowest BCUT2D eigenvalue weighted by atomic mass is 10.0. The lowest BCUT2D eigenvalue weighted by Crippen LogP contribution is -2.47. The Labute approximate surface area is 263 Å². The Morgan fingerprint density at radius 3 is 2.42 bits per heavy atom. The molecule has 0 atom stereocenters. The molecule has 0 aliphatic carbocycles. The van der Waals surface area contributed by atoms with Gasteiger partial charge in [0, 0.05) is 32.2 Å². The fraction of sp³-hybridized carbons (Fsp3) is 0.290. The largest absolute Gasteiger partial charge is 0.459 e. The molecular weight excluding hydrogens is 638 g/mol. The number of hydrogen-bond acceptors (Lipinski definition) is 6. The summed E-state index contributed by atoms with van der Waals surface area (Å²) in [6.07, 6.45) is -3.14. The number of amides is 1. The SMILES string of the molecule is CCOC(=O)C(=O)N(C)CCN1CCN(S(=O)(=O)c2cccc(C(F)(F)F)c2)c2cc(/C=C(\C)c3c(F)cccc3Cl)ccc21. The van der Waals surface area contributed by atoms with Crippen LogP contribution in [-0.2, 0) is 30.5 Å². The average molecular weight is 668 g/mol. The van der Waals surface area contributed by atoms with Gasteiger partial charge in [-0.25, -0.2) is 17.6 Å². The number of hydrogen-bond donors (Lipinski definition) is 0. The van der Waals surface area contributed by atoms with Crippen LogP contribution in [0.4, 0.5) is 28.9 Å². The summed E-state index contributed by atoms with van der Waals surface area (Å²) in [5, 5.41) is 0.183. The first-order valence-corrected chi connectivity index (χ1v) is 15.6. The maximum Gasteiger partial charge on any atom is 0.416 e. The van der Waals surface area contributed by atoms with Gasteiger partial charge in [0.2, 0.25) is 0 Å². The number of alkyl halides is 3. The number of esters is 1. The first kappa shape index (κ1) is 33.8. The molecule has 0 saturated carbocycles. The molecule has 3 aromatic carbocycles. The monoisotopic (exact) mass is 667 g/mol. The van der Waals surface area contributed by atoms with Crippen molar-refractivity contribution in [2.24, 2.45) is 0 Å². The van der Waals surface area contributed by atoms with Crippen LogP contribution >= 0.6 is 11.6 Å². The number of fused-ring (bicyclic) bond motifs is 1. The minimum absolute atomic E-state index is 0.0352. The Kier molecular flexibility index (Phi) is 10.1. The van der Waals surface area contributed by atoms with Crippen molar-refractivity contribution in [1.29, 1.82) is 0 Å². The van der Waals surface area contributed by atoms with Crippen LogP contribution in [-0.4, -0.2) is 65.0 Å². The van der Waals surface area contributed by atoms with Gasteiger partial charge in [0.15, 0.2) is 0 Å². The molecule has 14 heteroatoms. The summed E-state index contributed by atoms with van der Waals surface area (Å²) in [5.41, 5.74) is 0.585. The highest BCUT2D eigenvalue weighted by Crippen LogP contribution is 2.39. The second-order valence-electron chi connectivity index (χ2n) is 10.2. The Hall–Kier alpha value is -4.10. The Balaban J connectivity index is 1.75. The van der Waals surface area contributed by atoms with E-state index in [2.05, 4.69) is 0 Å². The van der Waals surface area contributed by atoms with Gasteiger partial charge < -0.3 is 14.5 Å². The number of rotatable bonds is 8. The first-order valence-electron chi connectivity index (χ1n) is 13.8. The summed E-state index contributed by atoms with van der Waals surface area (Å²) in [7, 11) is -3.05. The zero-order valence-corrected chi connectivity index (χ0v) is 26.1. The number of anilines is 2. The minimum Gasteiger partial charge on any atom is -0.459 e. The molecule has 1 aliphatic heterocycles. The van der Waals surface area contributed by atoms with Crippen LogP contribution in [0.3, 0.4) is 0 Å². The van der Waals surface area contributed by atoms with Crippen LogP contribution < -0.4 is 9.21 Å². The zero-order valence-electron chi connectivity index (χ0n) is 24.6. The summed E-state index contributed by atoms with van der Waals surface area (Å²) in [6.45, 7) is 3.54. The van der Waals surface area contributed by atoms with E-state index >= 15 is 0 Å². The number of carbonyl (C=O) groups is 2. The number of likely N-dealkylation sites (N-methyl/N-ethyl adjacent to an activating group) is 1. The topological polar surface area (TPSA) is 87.2 Å². The standard InChI is InChI=1S/C31H30ClF4N3O5S/c1-4-44-30(41)29(40)37(3)13-14-38-15-16-39(45(42,43)23-8-5-7-22(19-23)31(34,35)36)27-18-21(11-12-26(27)38)17-20(2)28-24(32)9-6-10-25(28)33/h5-12,17-19H,4,13-16H2,1-3H3/b20-17+. The van der Waals surface area contributed by atoms with Crippen molar-refractivity contribution in [3.8, 4) is 0 Å². The fourth-order valence-corrected chi connectivity index (χ4v) is 6.73. The van der Waals surface area contributed by atoms with Gasteiger partial charge in [-0.05, 0) is 67.4 Å².